The van der Waals surface area contributed by atoms with Crippen LogP contribution in [-0.4, -0.2) is 5.37 Å². The molecule has 1 aromatic rings. The van der Waals surface area contributed by atoms with Gasteiger partial charge in [-0.15, -0.1) is 0 Å². The van der Waals surface area contributed by atoms with Gasteiger partial charge in [-0.1, -0.05) is 29.9 Å². The molecular formula is C8H4ClNS. The van der Waals surface area contributed by atoms with Gasteiger partial charge in [0.05, 0.1) is 10.6 Å². The molecule has 1 rings (SSSR count). The third-order valence-electron chi connectivity index (χ3n) is 1.25. The summed E-state index contributed by atoms with van der Waals surface area (Å²) in [5.41, 5.74) is 1.33. The number of hydrogen-bond acceptors (Lipinski definition) is 2. The van der Waals surface area contributed by atoms with E-state index in [1.165, 1.54) is 5.37 Å². The van der Waals surface area contributed by atoms with E-state index in [-0.39, 0.29) is 0 Å². The summed E-state index contributed by atoms with van der Waals surface area (Å²) in [6, 6.07) is 7.06. The third kappa shape index (κ3) is 1.76. The van der Waals surface area contributed by atoms with Crippen LogP contribution in [0.5, 0.6) is 0 Å². The van der Waals surface area contributed by atoms with E-state index < -0.39 is 0 Å². The normalized spacial score (nSPS) is 8.73. The molecule has 0 aliphatic rings. The van der Waals surface area contributed by atoms with Crippen LogP contribution >= 0.6 is 23.8 Å². The van der Waals surface area contributed by atoms with Gasteiger partial charge in [-0.25, -0.2) is 0 Å². The lowest BCUT2D eigenvalue weighted by Crippen LogP contribution is -1.81. The highest BCUT2D eigenvalue weighted by atomic mass is 35.5. The molecule has 0 unspecified atom stereocenters. The Bertz CT molecular complexity index is 327. The maximum atomic E-state index is 8.51. The number of hydrogen-bond donors (Lipinski definition) is 0. The van der Waals surface area contributed by atoms with Crippen molar-refractivity contribution in [2.24, 2.45) is 0 Å². The summed E-state index contributed by atoms with van der Waals surface area (Å²) in [7, 11) is 0. The van der Waals surface area contributed by atoms with E-state index in [4.69, 9.17) is 29.1 Å². The maximum Gasteiger partial charge on any atom is 0.101 e. The van der Waals surface area contributed by atoms with Gasteiger partial charge in [0.1, 0.15) is 6.07 Å². The molecule has 0 spiro atoms. The Morgan fingerprint density at radius 2 is 2.27 bits per heavy atom. The zero-order valence-corrected chi connectivity index (χ0v) is 7.12. The van der Waals surface area contributed by atoms with Crippen molar-refractivity contribution in [2.75, 3.05) is 0 Å². The Balaban J connectivity index is 3.22. The van der Waals surface area contributed by atoms with E-state index >= 15 is 0 Å². The lowest BCUT2D eigenvalue weighted by molar-refractivity contribution is 1.48. The van der Waals surface area contributed by atoms with Crippen molar-refractivity contribution in [3.63, 3.8) is 0 Å². The summed E-state index contributed by atoms with van der Waals surface area (Å²) in [4.78, 5) is 0. The smallest absolute Gasteiger partial charge is 0.101 e. The van der Waals surface area contributed by atoms with Gasteiger partial charge in [-0.3, -0.25) is 0 Å². The van der Waals surface area contributed by atoms with Crippen molar-refractivity contribution in [1.29, 1.82) is 5.26 Å². The summed E-state index contributed by atoms with van der Waals surface area (Å²) in [6.45, 7) is 0. The minimum atomic E-state index is 0.450. The fourth-order valence-corrected chi connectivity index (χ4v) is 1.07. The lowest BCUT2D eigenvalue weighted by Gasteiger charge is -1.94. The van der Waals surface area contributed by atoms with E-state index in [0.29, 0.717) is 10.6 Å². The molecular weight excluding hydrogens is 178 g/mol. The highest BCUT2D eigenvalue weighted by Crippen LogP contribution is 2.15. The number of nitrogens with zero attached hydrogens (tertiary/aromatic N) is 1. The molecule has 11 heavy (non-hydrogen) atoms. The molecule has 0 N–H and O–H groups in total. The molecule has 0 atom stereocenters. The standard InChI is InChI=1S/C8H4ClNS/c9-8-3-6(5-11)1-2-7(8)4-10/h1-3,5H. The first-order valence-electron chi connectivity index (χ1n) is 2.93. The number of thiocarbonyl (C=S) groups is 1. The predicted molar refractivity (Wildman–Crippen MR) is 48.9 cm³/mol. The van der Waals surface area contributed by atoms with Crippen molar-refractivity contribution >= 4 is 29.2 Å². The number of benzene rings is 1. The van der Waals surface area contributed by atoms with E-state index in [9.17, 15) is 0 Å². The van der Waals surface area contributed by atoms with Gasteiger partial charge in [0, 0.05) is 5.37 Å². The Labute approximate surface area is 75.2 Å². The summed E-state index contributed by atoms with van der Waals surface area (Å²) < 4.78 is 0. The zero-order chi connectivity index (χ0) is 8.27. The summed E-state index contributed by atoms with van der Waals surface area (Å²) in [6.07, 6.45) is 0. The van der Waals surface area contributed by atoms with E-state index in [0.717, 1.165) is 5.56 Å². The molecule has 1 aromatic carbocycles. The van der Waals surface area contributed by atoms with E-state index in [1.54, 1.807) is 18.2 Å². The van der Waals surface area contributed by atoms with Crippen LogP contribution in [0.25, 0.3) is 0 Å². The SMILES string of the molecule is N#Cc1ccc(C=S)cc1Cl. The van der Waals surface area contributed by atoms with Gasteiger partial charge in [-0.2, -0.15) is 5.26 Å². The van der Waals surface area contributed by atoms with Crippen molar-refractivity contribution < 1.29 is 0 Å². The van der Waals surface area contributed by atoms with Gasteiger partial charge >= 0.3 is 0 Å². The van der Waals surface area contributed by atoms with Gasteiger partial charge in [0.15, 0.2) is 0 Å². The molecule has 0 aliphatic carbocycles. The van der Waals surface area contributed by atoms with Crippen LogP contribution in [0.3, 0.4) is 0 Å². The maximum absolute atomic E-state index is 8.51. The van der Waals surface area contributed by atoms with Crippen molar-refractivity contribution in [3.8, 4) is 6.07 Å². The molecule has 0 fully saturated rings. The molecule has 0 heterocycles. The summed E-state index contributed by atoms with van der Waals surface area (Å²) in [5, 5.41) is 10.5. The van der Waals surface area contributed by atoms with Gasteiger partial charge in [0.2, 0.25) is 0 Å². The molecule has 0 aromatic heterocycles. The second-order valence-electron chi connectivity index (χ2n) is 1.97. The Kier molecular flexibility index (Phi) is 2.58. The molecule has 0 saturated carbocycles. The highest BCUT2D eigenvalue weighted by Gasteiger charge is 1.97. The molecule has 0 radical (unpaired) electrons. The van der Waals surface area contributed by atoms with Crippen LogP contribution in [0.2, 0.25) is 5.02 Å². The number of halogens is 1. The van der Waals surface area contributed by atoms with Crippen molar-refractivity contribution in [1.82, 2.24) is 0 Å². The molecule has 0 amide bonds. The minimum absolute atomic E-state index is 0.450. The lowest BCUT2D eigenvalue weighted by atomic mass is 10.2. The van der Waals surface area contributed by atoms with E-state index in [2.05, 4.69) is 0 Å². The summed E-state index contributed by atoms with van der Waals surface area (Å²) >= 11 is 10.4. The quantitative estimate of drug-likeness (QED) is 0.622. The minimum Gasteiger partial charge on any atom is -0.192 e. The van der Waals surface area contributed by atoms with Gasteiger partial charge in [-0.05, 0) is 17.7 Å². The first kappa shape index (κ1) is 8.19. The molecule has 1 nitrogen and oxygen atoms in total. The van der Waals surface area contributed by atoms with Crippen molar-refractivity contribution in [2.45, 2.75) is 0 Å². The van der Waals surface area contributed by atoms with Crippen LogP contribution in [0.1, 0.15) is 11.1 Å². The monoisotopic (exact) mass is 181 g/mol. The Morgan fingerprint density at radius 3 is 2.73 bits per heavy atom. The second-order valence-corrected chi connectivity index (χ2v) is 2.61. The molecule has 0 aliphatic heterocycles. The molecule has 54 valence electrons. The van der Waals surface area contributed by atoms with Gasteiger partial charge < -0.3 is 0 Å². The number of nitriles is 1. The Morgan fingerprint density at radius 1 is 1.55 bits per heavy atom. The second kappa shape index (κ2) is 3.47. The largest absolute Gasteiger partial charge is 0.192 e. The first-order valence-corrected chi connectivity index (χ1v) is 3.77. The van der Waals surface area contributed by atoms with Gasteiger partial charge in [0.25, 0.3) is 0 Å². The fraction of sp³-hybridized carbons (Fsp3) is 0. The topological polar surface area (TPSA) is 23.8 Å². The Hall–Kier alpha value is -0.910. The molecule has 0 saturated heterocycles. The number of rotatable bonds is 1. The van der Waals surface area contributed by atoms with E-state index in [1.807, 2.05) is 6.07 Å². The average Bonchev–Trinajstić information content (AvgIpc) is 2.04. The molecule has 0 bridgehead atoms. The van der Waals surface area contributed by atoms with Crippen molar-refractivity contribution in [3.05, 3.63) is 34.3 Å². The van der Waals surface area contributed by atoms with Crippen LogP contribution in [0.15, 0.2) is 18.2 Å². The highest BCUT2D eigenvalue weighted by molar-refractivity contribution is 7.79. The zero-order valence-electron chi connectivity index (χ0n) is 5.54. The first-order chi connectivity index (χ1) is 5.27. The fourth-order valence-electron chi connectivity index (χ4n) is 0.695. The van der Waals surface area contributed by atoms with Crippen LogP contribution in [0.4, 0.5) is 0 Å². The molecule has 3 heteroatoms. The summed E-state index contributed by atoms with van der Waals surface area (Å²) in [5.74, 6) is 0. The third-order valence-corrected chi connectivity index (χ3v) is 1.83. The average molecular weight is 182 g/mol. The van der Waals surface area contributed by atoms with Crippen LogP contribution < -0.4 is 0 Å². The van der Waals surface area contributed by atoms with Crippen LogP contribution in [-0.2, 0) is 0 Å². The van der Waals surface area contributed by atoms with Crippen LogP contribution in [0, 0.1) is 11.3 Å². The predicted octanol–water partition coefficient (Wildman–Crippen LogP) is 2.56.